The van der Waals surface area contributed by atoms with Crippen molar-refractivity contribution in [3.8, 4) is 0 Å². The number of rotatable bonds is 4. The molecule has 7 nitrogen and oxygen atoms in total. The molecule has 4 heterocycles. The molecule has 7 heteroatoms. The van der Waals surface area contributed by atoms with Crippen LogP contribution in [0.15, 0.2) is 30.9 Å². The lowest BCUT2D eigenvalue weighted by Gasteiger charge is -2.19. The number of ether oxygens (including phenoxy) is 1. The summed E-state index contributed by atoms with van der Waals surface area (Å²) in [5.74, 6) is 0.688. The average molecular weight is 313 g/mol. The first-order valence-electron chi connectivity index (χ1n) is 7.76. The van der Waals surface area contributed by atoms with Crippen LogP contribution < -0.4 is 4.90 Å². The zero-order valence-electron chi connectivity index (χ0n) is 13.2. The van der Waals surface area contributed by atoms with Gasteiger partial charge in [0.05, 0.1) is 6.33 Å². The third-order valence-electron chi connectivity index (χ3n) is 4.46. The van der Waals surface area contributed by atoms with E-state index in [4.69, 9.17) is 4.74 Å². The normalized spacial score (nSPS) is 22.6. The molecular weight excluding hydrogens is 294 g/mol. The number of nitrogens with zero attached hydrogens (tertiary/aromatic N) is 5. The van der Waals surface area contributed by atoms with Gasteiger partial charge in [-0.2, -0.15) is 0 Å². The standard InChI is InChI=1S/C16H19N5O2/c1-19-10-18-13-12(19)14(22)21(16-15(23-16)20(13)2)9-3-4-11-5-7-17-8-6-11/h5-8,10,15-16H,3-4,9H2,1-2H3. The quantitative estimate of drug-likeness (QED) is 0.789. The number of likely N-dealkylation sites (N-methyl/N-ethyl adjacent to an activating group) is 1. The van der Waals surface area contributed by atoms with Crippen molar-refractivity contribution >= 4 is 11.7 Å². The molecule has 2 aromatic rings. The molecular formula is C16H19N5O2. The molecule has 0 N–H and O–H groups in total. The second-order valence-electron chi connectivity index (χ2n) is 6.01. The van der Waals surface area contributed by atoms with Crippen LogP contribution in [0.3, 0.4) is 0 Å². The Morgan fingerprint density at radius 1 is 1.22 bits per heavy atom. The van der Waals surface area contributed by atoms with Gasteiger partial charge in [0.15, 0.2) is 24.0 Å². The second kappa shape index (κ2) is 5.34. The molecule has 2 unspecified atom stereocenters. The summed E-state index contributed by atoms with van der Waals surface area (Å²) in [5, 5.41) is 0. The summed E-state index contributed by atoms with van der Waals surface area (Å²) < 4.78 is 7.48. The number of imidazole rings is 1. The van der Waals surface area contributed by atoms with Crippen molar-refractivity contribution in [3.63, 3.8) is 0 Å². The lowest BCUT2D eigenvalue weighted by Crippen LogP contribution is -2.36. The van der Waals surface area contributed by atoms with E-state index >= 15 is 0 Å². The predicted octanol–water partition coefficient (Wildman–Crippen LogP) is 1.02. The summed E-state index contributed by atoms with van der Waals surface area (Å²) in [6.07, 6.45) is 6.82. The number of anilines is 1. The number of carbonyl (C=O) groups is 1. The highest BCUT2D eigenvalue weighted by Gasteiger charge is 2.53. The smallest absolute Gasteiger partial charge is 0.276 e. The summed E-state index contributed by atoms with van der Waals surface area (Å²) in [4.78, 5) is 25.0. The minimum atomic E-state index is -0.167. The van der Waals surface area contributed by atoms with Gasteiger partial charge in [-0.3, -0.25) is 9.78 Å². The lowest BCUT2D eigenvalue weighted by atomic mass is 10.1. The van der Waals surface area contributed by atoms with Crippen LogP contribution in [0.2, 0.25) is 0 Å². The van der Waals surface area contributed by atoms with Crippen molar-refractivity contribution in [1.29, 1.82) is 0 Å². The number of amides is 1. The Bertz CT molecular complexity index is 729. The number of hydrogen-bond donors (Lipinski definition) is 0. The topological polar surface area (TPSA) is 66.8 Å². The highest BCUT2D eigenvalue weighted by Crippen LogP contribution is 2.37. The number of aryl methyl sites for hydroxylation is 2. The van der Waals surface area contributed by atoms with E-state index in [0.717, 1.165) is 12.8 Å². The third kappa shape index (κ3) is 2.37. The maximum Gasteiger partial charge on any atom is 0.276 e. The third-order valence-corrected chi connectivity index (χ3v) is 4.46. The predicted molar refractivity (Wildman–Crippen MR) is 83.9 cm³/mol. The molecule has 2 aliphatic rings. The van der Waals surface area contributed by atoms with Crippen LogP contribution in [-0.2, 0) is 18.2 Å². The van der Waals surface area contributed by atoms with Crippen molar-refractivity contribution in [2.45, 2.75) is 25.3 Å². The molecule has 1 amide bonds. The van der Waals surface area contributed by atoms with Gasteiger partial charge >= 0.3 is 0 Å². The number of pyridine rings is 1. The maximum atomic E-state index is 12.9. The van der Waals surface area contributed by atoms with E-state index in [-0.39, 0.29) is 18.4 Å². The molecule has 2 aliphatic heterocycles. The Labute approximate surface area is 134 Å². The van der Waals surface area contributed by atoms with Gasteiger partial charge in [0, 0.05) is 33.0 Å². The van der Waals surface area contributed by atoms with Gasteiger partial charge in [-0.15, -0.1) is 0 Å². The Hall–Kier alpha value is -2.41. The molecule has 0 bridgehead atoms. The van der Waals surface area contributed by atoms with E-state index in [2.05, 4.69) is 9.97 Å². The van der Waals surface area contributed by atoms with Crippen molar-refractivity contribution < 1.29 is 9.53 Å². The van der Waals surface area contributed by atoms with E-state index in [1.54, 1.807) is 23.3 Å². The maximum absolute atomic E-state index is 12.9. The highest BCUT2D eigenvalue weighted by atomic mass is 16.6. The summed E-state index contributed by atoms with van der Waals surface area (Å²) in [6, 6.07) is 4.02. The molecule has 0 aromatic carbocycles. The fraction of sp³-hybridized carbons (Fsp3) is 0.438. The minimum absolute atomic E-state index is 0.00780. The van der Waals surface area contributed by atoms with Crippen LogP contribution in [0.4, 0.5) is 5.82 Å². The van der Waals surface area contributed by atoms with E-state index in [1.165, 1.54) is 5.56 Å². The fourth-order valence-electron chi connectivity index (χ4n) is 3.13. The first kappa shape index (κ1) is 14.2. The molecule has 0 saturated carbocycles. The number of carbonyl (C=O) groups excluding carboxylic acids is 1. The van der Waals surface area contributed by atoms with Gasteiger partial charge in [-0.1, -0.05) is 0 Å². The first-order chi connectivity index (χ1) is 11.2. The van der Waals surface area contributed by atoms with Gasteiger partial charge in [0.2, 0.25) is 0 Å². The van der Waals surface area contributed by atoms with Crippen LogP contribution in [0.5, 0.6) is 0 Å². The summed E-state index contributed by atoms with van der Waals surface area (Å²) in [5.41, 5.74) is 1.86. The fourth-order valence-corrected chi connectivity index (χ4v) is 3.13. The monoisotopic (exact) mass is 313 g/mol. The van der Waals surface area contributed by atoms with Gasteiger partial charge in [0.25, 0.3) is 5.91 Å². The minimum Gasteiger partial charge on any atom is -0.328 e. The molecule has 120 valence electrons. The van der Waals surface area contributed by atoms with Crippen LogP contribution in [0, 0.1) is 0 Å². The van der Waals surface area contributed by atoms with Crippen molar-refractivity contribution in [2.75, 3.05) is 18.5 Å². The molecule has 0 spiro atoms. The molecule has 1 fully saturated rings. The molecule has 2 atom stereocenters. The first-order valence-corrected chi connectivity index (χ1v) is 7.76. The summed E-state index contributed by atoms with van der Waals surface area (Å²) >= 11 is 0. The van der Waals surface area contributed by atoms with Crippen LogP contribution in [-0.4, -0.2) is 51.4 Å². The van der Waals surface area contributed by atoms with E-state index in [0.29, 0.717) is 18.1 Å². The Morgan fingerprint density at radius 3 is 2.78 bits per heavy atom. The second-order valence-corrected chi connectivity index (χ2v) is 6.01. The Kier molecular flexibility index (Phi) is 3.30. The molecule has 23 heavy (non-hydrogen) atoms. The van der Waals surface area contributed by atoms with Crippen LogP contribution in [0.1, 0.15) is 22.5 Å². The zero-order chi connectivity index (χ0) is 16.0. The van der Waals surface area contributed by atoms with Gasteiger partial charge in [0.1, 0.15) is 0 Å². The SMILES string of the molecule is CN1c2ncn(C)c2C(=O)N(CCCc2ccncc2)C2OC21. The molecule has 1 saturated heterocycles. The number of hydrogen-bond acceptors (Lipinski definition) is 5. The highest BCUT2D eigenvalue weighted by molar-refractivity contribution is 5.98. The van der Waals surface area contributed by atoms with Gasteiger partial charge in [-0.05, 0) is 30.5 Å². The van der Waals surface area contributed by atoms with Crippen LogP contribution >= 0.6 is 0 Å². The van der Waals surface area contributed by atoms with E-state index in [1.807, 2.05) is 36.0 Å². The average Bonchev–Trinajstić information content (AvgIpc) is 3.26. The largest absolute Gasteiger partial charge is 0.328 e. The molecule has 4 rings (SSSR count). The Morgan fingerprint density at radius 2 is 2.00 bits per heavy atom. The van der Waals surface area contributed by atoms with Crippen molar-refractivity contribution in [2.24, 2.45) is 7.05 Å². The lowest BCUT2D eigenvalue weighted by molar-refractivity contribution is 0.0658. The van der Waals surface area contributed by atoms with Gasteiger partial charge in [-0.25, -0.2) is 4.98 Å². The van der Waals surface area contributed by atoms with Crippen molar-refractivity contribution in [1.82, 2.24) is 19.4 Å². The van der Waals surface area contributed by atoms with Gasteiger partial charge < -0.3 is 19.1 Å². The zero-order valence-corrected chi connectivity index (χ0v) is 13.2. The Balaban J connectivity index is 1.51. The van der Waals surface area contributed by atoms with E-state index < -0.39 is 0 Å². The molecule has 0 aliphatic carbocycles. The molecule has 2 aromatic heterocycles. The van der Waals surface area contributed by atoms with Crippen molar-refractivity contribution in [3.05, 3.63) is 42.1 Å². The van der Waals surface area contributed by atoms with Crippen LogP contribution in [0.25, 0.3) is 0 Å². The summed E-state index contributed by atoms with van der Waals surface area (Å²) in [7, 11) is 3.77. The number of fused-ring (bicyclic) bond motifs is 2. The number of epoxide rings is 1. The number of aromatic nitrogens is 3. The van der Waals surface area contributed by atoms with E-state index in [9.17, 15) is 4.79 Å². The summed E-state index contributed by atoms with van der Waals surface area (Å²) in [6.45, 7) is 0.667. The molecule has 0 radical (unpaired) electrons.